The summed E-state index contributed by atoms with van der Waals surface area (Å²) in [5.41, 5.74) is 6.74. The van der Waals surface area contributed by atoms with Gasteiger partial charge in [-0.1, -0.05) is 0 Å². The van der Waals surface area contributed by atoms with Gasteiger partial charge in [0.05, 0.1) is 4.88 Å². The number of amides is 1. The first-order valence-electron chi connectivity index (χ1n) is 7.29. The standard InChI is InChI=1S/C16H19FN2OS.ClH/c1-9-13-8-10(17)2-7-14(13)21-15(9)16(20)19-12-5-3-11(18)4-6-12;/h2,7-8,11-12H,3-6,18H2,1H3,(H,19,20);1H. The molecule has 0 unspecified atom stereocenters. The summed E-state index contributed by atoms with van der Waals surface area (Å²) in [6.45, 7) is 1.88. The molecule has 0 aliphatic heterocycles. The lowest BCUT2D eigenvalue weighted by atomic mass is 9.92. The maximum absolute atomic E-state index is 13.3. The van der Waals surface area contributed by atoms with E-state index in [-0.39, 0.29) is 36.2 Å². The molecule has 2 aromatic rings. The highest BCUT2D eigenvalue weighted by atomic mass is 35.5. The van der Waals surface area contributed by atoms with Crippen LogP contribution in [0, 0.1) is 12.7 Å². The fraction of sp³-hybridized carbons (Fsp3) is 0.438. The molecule has 0 saturated heterocycles. The number of nitrogens with two attached hydrogens (primary N) is 1. The van der Waals surface area contributed by atoms with Gasteiger partial charge in [-0.15, -0.1) is 23.7 Å². The van der Waals surface area contributed by atoms with Gasteiger partial charge in [-0.25, -0.2) is 4.39 Å². The SMILES string of the molecule is Cc1c(C(=O)NC2CCC(N)CC2)sc2ccc(F)cc12.Cl. The van der Waals surface area contributed by atoms with E-state index >= 15 is 0 Å². The second-order valence-corrected chi connectivity index (χ2v) is 6.83. The van der Waals surface area contributed by atoms with Gasteiger partial charge in [-0.3, -0.25) is 4.79 Å². The highest BCUT2D eigenvalue weighted by Gasteiger charge is 2.22. The second kappa shape index (κ2) is 6.94. The van der Waals surface area contributed by atoms with Crippen molar-refractivity contribution < 1.29 is 9.18 Å². The van der Waals surface area contributed by atoms with Crippen LogP contribution in [0.15, 0.2) is 18.2 Å². The molecule has 0 bridgehead atoms. The Balaban J connectivity index is 0.00000176. The van der Waals surface area contributed by atoms with Crippen molar-refractivity contribution in [2.24, 2.45) is 5.73 Å². The van der Waals surface area contributed by atoms with Crippen molar-refractivity contribution in [1.82, 2.24) is 5.32 Å². The molecule has 22 heavy (non-hydrogen) atoms. The minimum atomic E-state index is -0.267. The highest BCUT2D eigenvalue weighted by Crippen LogP contribution is 2.31. The number of hydrogen-bond acceptors (Lipinski definition) is 3. The van der Waals surface area contributed by atoms with Gasteiger partial charge < -0.3 is 11.1 Å². The summed E-state index contributed by atoms with van der Waals surface area (Å²) in [7, 11) is 0. The summed E-state index contributed by atoms with van der Waals surface area (Å²) in [4.78, 5) is 13.1. The lowest BCUT2D eigenvalue weighted by molar-refractivity contribution is 0.0929. The van der Waals surface area contributed by atoms with Gasteiger partial charge in [-0.05, 0) is 61.8 Å². The molecule has 0 radical (unpaired) electrons. The van der Waals surface area contributed by atoms with E-state index in [2.05, 4.69) is 5.32 Å². The van der Waals surface area contributed by atoms with Gasteiger partial charge in [0, 0.05) is 16.8 Å². The van der Waals surface area contributed by atoms with E-state index in [1.807, 2.05) is 6.92 Å². The van der Waals surface area contributed by atoms with Crippen LogP contribution < -0.4 is 11.1 Å². The van der Waals surface area contributed by atoms with Crippen LogP contribution in [0.4, 0.5) is 4.39 Å². The predicted octanol–water partition coefficient (Wildman–Crippen LogP) is 3.77. The van der Waals surface area contributed by atoms with E-state index in [0.717, 1.165) is 41.3 Å². The Morgan fingerprint density at radius 3 is 2.68 bits per heavy atom. The van der Waals surface area contributed by atoms with Gasteiger partial charge in [0.1, 0.15) is 5.82 Å². The van der Waals surface area contributed by atoms with E-state index < -0.39 is 0 Å². The third kappa shape index (κ3) is 3.42. The molecule has 1 fully saturated rings. The number of fused-ring (bicyclic) bond motifs is 1. The van der Waals surface area contributed by atoms with Gasteiger partial charge in [0.15, 0.2) is 0 Å². The summed E-state index contributed by atoms with van der Waals surface area (Å²) in [6.07, 6.45) is 3.79. The summed E-state index contributed by atoms with van der Waals surface area (Å²) in [5.74, 6) is -0.314. The first-order valence-corrected chi connectivity index (χ1v) is 8.11. The van der Waals surface area contributed by atoms with Crippen molar-refractivity contribution in [3.63, 3.8) is 0 Å². The van der Waals surface area contributed by atoms with Crippen LogP contribution >= 0.6 is 23.7 Å². The Morgan fingerprint density at radius 1 is 1.32 bits per heavy atom. The Bertz CT molecular complexity index is 680. The molecular weight excluding hydrogens is 323 g/mol. The van der Waals surface area contributed by atoms with Crippen LogP contribution in [-0.2, 0) is 0 Å². The molecule has 0 spiro atoms. The number of hydrogen-bond donors (Lipinski definition) is 2. The third-order valence-electron chi connectivity index (χ3n) is 4.21. The lowest BCUT2D eigenvalue weighted by Crippen LogP contribution is -2.40. The zero-order chi connectivity index (χ0) is 15.0. The van der Waals surface area contributed by atoms with Crippen molar-refractivity contribution in [2.45, 2.75) is 44.7 Å². The minimum absolute atomic E-state index is 0. The quantitative estimate of drug-likeness (QED) is 0.872. The fourth-order valence-corrected chi connectivity index (χ4v) is 4.02. The Labute approximate surface area is 139 Å². The topological polar surface area (TPSA) is 55.1 Å². The molecule has 1 aromatic heterocycles. The summed E-state index contributed by atoms with van der Waals surface area (Å²) >= 11 is 1.43. The normalized spacial score (nSPS) is 21.4. The van der Waals surface area contributed by atoms with Crippen molar-refractivity contribution >= 4 is 39.7 Å². The molecule has 3 N–H and O–H groups in total. The third-order valence-corrected chi connectivity index (χ3v) is 5.48. The fourth-order valence-electron chi connectivity index (χ4n) is 2.92. The van der Waals surface area contributed by atoms with E-state index in [0.29, 0.717) is 4.88 Å². The van der Waals surface area contributed by atoms with Crippen molar-refractivity contribution in [3.05, 3.63) is 34.5 Å². The van der Waals surface area contributed by atoms with Crippen LogP contribution in [0.5, 0.6) is 0 Å². The molecule has 1 aromatic carbocycles. The van der Waals surface area contributed by atoms with Gasteiger partial charge >= 0.3 is 0 Å². The van der Waals surface area contributed by atoms with Crippen molar-refractivity contribution in [1.29, 1.82) is 0 Å². The zero-order valence-corrected chi connectivity index (χ0v) is 14.0. The molecule has 1 heterocycles. The van der Waals surface area contributed by atoms with Crippen LogP contribution in [0.3, 0.4) is 0 Å². The van der Waals surface area contributed by atoms with Gasteiger partial charge in [0.2, 0.25) is 0 Å². The Hall–Kier alpha value is -1.17. The number of benzene rings is 1. The zero-order valence-electron chi connectivity index (χ0n) is 12.4. The van der Waals surface area contributed by atoms with Crippen molar-refractivity contribution in [2.75, 3.05) is 0 Å². The average Bonchev–Trinajstić information content (AvgIpc) is 2.79. The van der Waals surface area contributed by atoms with Crippen LogP contribution in [0.2, 0.25) is 0 Å². The molecule has 1 aliphatic carbocycles. The van der Waals surface area contributed by atoms with Gasteiger partial charge in [0.25, 0.3) is 5.91 Å². The maximum atomic E-state index is 13.3. The maximum Gasteiger partial charge on any atom is 0.261 e. The van der Waals surface area contributed by atoms with E-state index in [4.69, 9.17) is 5.73 Å². The number of carbonyl (C=O) groups is 1. The number of nitrogens with one attached hydrogen (secondary N) is 1. The average molecular weight is 343 g/mol. The van der Waals surface area contributed by atoms with E-state index in [1.54, 1.807) is 6.07 Å². The molecule has 1 saturated carbocycles. The molecule has 3 rings (SSSR count). The first kappa shape index (κ1) is 17.2. The summed E-state index contributed by atoms with van der Waals surface area (Å²) in [6, 6.07) is 5.14. The van der Waals surface area contributed by atoms with E-state index in [1.165, 1.54) is 23.5 Å². The highest BCUT2D eigenvalue weighted by molar-refractivity contribution is 7.21. The van der Waals surface area contributed by atoms with Crippen LogP contribution in [-0.4, -0.2) is 18.0 Å². The second-order valence-electron chi connectivity index (χ2n) is 5.78. The number of carbonyl (C=O) groups excluding carboxylic acids is 1. The Morgan fingerprint density at radius 2 is 2.00 bits per heavy atom. The number of halogens is 2. The van der Waals surface area contributed by atoms with Crippen LogP contribution in [0.25, 0.3) is 10.1 Å². The number of thiophene rings is 1. The van der Waals surface area contributed by atoms with E-state index in [9.17, 15) is 9.18 Å². The van der Waals surface area contributed by atoms with Crippen LogP contribution in [0.1, 0.15) is 40.9 Å². The summed E-state index contributed by atoms with van der Waals surface area (Å²) < 4.78 is 14.3. The predicted molar refractivity (Wildman–Crippen MR) is 91.5 cm³/mol. The molecule has 1 amide bonds. The lowest BCUT2D eigenvalue weighted by Gasteiger charge is -2.26. The molecule has 120 valence electrons. The smallest absolute Gasteiger partial charge is 0.261 e. The minimum Gasteiger partial charge on any atom is -0.349 e. The molecule has 1 aliphatic rings. The number of aryl methyl sites for hydroxylation is 1. The first-order chi connectivity index (χ1) is 10.0. The molecule has 6 heteroatoms. The largest absolute Gasteiger partial charge is 0.349 e. The van der Waals surface area contributed by atoms with Crippen molar-refractivity contribution in [3.8, 4) is 0 Å². The van der Waals surface area contributed by atoms with Gasteiger partial charge in [-0.2, -0.15) is 0 Å². The summed E-state index contributed by atoms with van der Waals surface area (Å²) in [5, 5.41) is 3.92. The Kier molecular flexibility index (Phi) is 5.42. The monoisotopic (exact) mass is 342 g/mol. The molecular formula is C16H20ClFN2OS. The number of rotatable bonds is 2. The molecule has 3 nitrogen and oxygen atoms in total. The molecule has 0 atom stereocenters.